The molecule has 1 aliphatic heterocycles. The Labute approximate surface area is 145 Å². The Kier molecular flexibility index (Phi) is 4.81. The van der Waals surface area contributed by atoms with Crippen LogP contribution in [0, 0.1) is 0 Å². The first kappa shape index (κ1) is 16.5. The molecule has 0 bridgehead atoms. The zero-order chi connectivity index (χ0) is 17.1. The average molecular weight is 342 g/mol. The van der Waals surface area contributed by atoms with Crippen LogP contribution in [0.15, 0.2) is 46.9 Å². The van der Waals surface area contributed by atoms with Gasteiger partial charge in [-0.2, -0.15) is 0 Å². The quantitative estimate of drug-likeness (QED) is 0.619. The van der Waals surface area contributed by atoms with E-state index in [0.29, 0.717) is 28.4 Å². The van der Waals surface area contributed by atoms with Crippen LogP contribution in [0.1, 0.15) is 15.9 Å². The van der Waals surface area contributed by atoms with Gasteiger partial charge in [-0.3, -0.25) is 4.79 Å². The lowest BCUT2D eigenvalue weighted by molar-refractivity contribution is 0.0998. The molecule has 0 N–H and O–H groups in total. The number of ketones is 1. The molecule has 0 radical (unpaired) electrons. The summed E-state index contributed by atoms with van der Waals surface area (Å²) in [4.78, 5) is 13.9. The third-order valence-electron chi connectivity index (χ3n) is 3.87. The van der Waals surface area contributed by atoms with Crippen molar-refractivity contribution in [3.8, 4) is 17.2 Å². The summed E-state index contributed by atoms with van der Waals surface area (Å²) in [6, 6.07) is 11.5. The molecular formula is C19H18O4S. The van der Waals surface area contributed by atoms with Gasteiger partial charge in [0.15, 0.2) is 17.3 Å². The second-order valence-corrected chi connectivity index (χ2v) is 6.12. The fourth-order valence-corrected chi connectivity index (χ4v) is 3.03. The molecule has 5 heteroatoms. The molecule has 4 nitrogen and oxygen atoms in total. The van der Waals surface area contributed by atoms with Gasteiger partial charge in [-0.15, -0.1) is 11.8 Å². The van der Waals surface area contributed by atoms with Crippen LogP contribution < -0.4 is 14.2 Å². The third kappa shape index (κ3) is 2.99. The molecule has 1 aliphatic rings. The van der Waals surface area contributed by atoms with Crippen molar-refractivity contribution in [2.75, 3.05) is 27.1 Å². The number of thioether (sulfide) groups is 1. The fraction of sp³-hybridized carbons (Fsp3) is 0.211. The maximum Gasteiger partial charge on any atom is 0.204 e. The van der Waals surface area contributed by atoms with Crippen LogP contribution in [-0.2, 0) is 0 Å². The maximum absolute atomic E-state index is 12.8. The van der Waals surface area contributed by atoms with Crippen LogP contribution in [0.3, 0.4) is 0 Å². The van der Waals surface area contributed by atoms with Gasteiger partial charge in [0, 0.05) is 10.5 Å². The zero-order valence-electron chi connectivity index (χ0n) is 13.8. The van der Waals surface area contributed by atoms with Crippen LogP contribution in [-0.4, -0.2) is 32.9 Å². The number of Topliss-reactive ketones (excluding diaryl/α,β-unsaturated/α-hetero) is 1. The van der Waals surface area contributed by atoms with Gasteiger partial charge in [0.2, 0.25) is 5.75 Å². The Bertz CT molecular complexity index is 794. The van der Waals surface area contributed by atoms with Crippen LogP contribution in [0.2, 0.25) is 0 Å². The molecule has 24 heavy (non-hydrogen) atoms. The topological polar surface area (TPSA) is 44.8 Å². The number of benzene rings is 2. The van der Waals surface area contributed by atoms with Crippen molar-refractivity contribution in [1.82, 2.24) is 0 Å². The Morgan fingerprint density at radius 2 is 1.83 bits per heavy atom. The van der Waals surface area contributed by atoms with E-state index >= 15 is 0 Å². The molecule has 0 fully saturated rings. The minimum atomic E-state index is -0.0499. The monoisotopic (exact) mass is 342 g/mol. The van der Waals surface area contributed by atoms with Crippen LogP contribution in [0.4, 0.5) is 0 Å². The van der Waals surface area contributed by atoms with Gasteiger partial charge >= 0.3 is 0 Å². The highest BCUT2D eigenvalue weighted by Gasteiger charge is 2.28. The number of ether oxygens (including phenoxy) is 3. The molecule has 0 aliphatic carbocycles. The number of fused-ring (bicyclic) bond motifs is 1. The Morgan fingerprint density at radius 3 is 2.46 bits per heavy atom. The van der Waals surface area contributed by atoms with Gasteiger partial charge in [0.1, 0.15) is 6.61 Å². The molecule has 0 unspecified atom stereocenters. The number of rotatable bonds is 4. The van der Waals surface area contributed by atoms with E-state index in [-0.39, 0.29) is 12.4 Å². The Balaban J connectivity index is 1.96. The van der Waals surface area contributed by atoms with Gasteiger partial charge in [0.05, 0.1) is 19.8 Å². The van der Waals surface area contributed by atoms with Gasteiger partial charge in [-0.25, -0.2) is 0 Å². The summed E-state index contributed by atoms with van der Waals surface area (Å²) in [5.74, 6) is 1.39. The van der Waals surface area contributed by atoms with E-state index in [2.05, 4.69) is 0 Å². The van der Waals surface area contributed by atoms with E-state index in [1.807, 2.05) is 36.6 Å². The van der Waals surface area contributed by atoms with Gasteiger partial charge in [-0.05, 0) is 42.2 Å². The molecule has 1 heterocycles. The Hall–Kier alpha value is -2.40. The molecule has 0 saturated carbocycles. The first-order valence-corrected chi connectivity index (χ1v) is 8.67. The van der Waals surface area contributed by atoms with Crippen molar-refractivity contribution in [3.63, 3.8) is 0 Å². The van der Waals surface area contributed by atoms with E-state index in [0.717, 1.165) is 5.56 Å². The molecule has 0 amide bonds. The van der Waals surface area contributed by atoms with Crippen molar-refractivity contribution in [2.45, 2.75) is 4.90 Å². The zero-order valence-corrected chi connectivity index (χ0v) is 14.6. The Morgan fingerprint density at radius 1 is 1.08 bits per heavy atom. The highest BCUT2D eigenvalue weighted by Crippen LogP contribution is 2.42. The summed E-state index contributed by atoms with van der Waals surface area (Å²) in [7, 11) is 3.09. The summed E-state index contributed by atoms with van der Waals surface area (Å²) in [6.45, 7) is 0.208. The minimum Gasteiger partial charge on any atom is -0.493 e. The second kappa shape index (κ2) is 7.01. The van der Waals surface area contributed by atoms with E-state index in [4.69, 9.17) is 14.2 Å². The lowest BCUT2D eigenvalue weighted by Gasteiger charge is -2.22. The number of carbonyl (C=O) groups excluding carboxylic acids is 1. The van der Waals surface area contributed by atoms with Gasteiger partial charge in [-0.1, -0.05) is 12.1 Å². The van der Waals surface area contributed by atoms with E-state index in [9.17, 15) is 4.79 Å². The largest absolute Gasteiger partial charge is 0.493 e. The molecule has 0 spiro atoms. The summed E-state index contributed by atoms with van der Waals surface area (Å²) in [6.07, 6.45) is 3.90. The molecule has 0 aromatic heterocycles. The lowest BCUT2D eigenvalue weighted by atomic mass is 9.97. The number of carbonyl (C=O) groups is 1. The summed E-state index contributed by atoms with van der Waals surface area (Å²) >= 11 is 1.68. The first-order valence-electron chi connectivity index (χ1n) is 7.45. The molecular weight excluding hydrogens is 324 g/mol. The number of hydrogen-bond acceptors (Lipinski definition) is 5. The normalized spacial score (nSPS) is 15.0. The average Bonchev–Trinajstić information content (AvgIpc) is 2.63. The van der Waals surface area contributed by atoms with Crippen molar-refractivity contribution >= 4 is 23.6 Å². The standard InChI is InChI=1S/C19H18O4S/c1-21-16-9-8-15-17(20)13(11-23-18(15)19(16)22-2)10-12-4-6-14(24-3)7-5-12/h4-10H,11H2,1-3H3/b13-10+. The van der Waals surface area contributed by atoms with Gasteiger partial charge < -0.3 is 14.2 Å². The van der Waals surface area contributed by atoms with Crippen molar-refractivity contribution in [3.05, 3.63) is 53.1 Å². The second-order valence-electron chi connectivity index (χ2n) is 5.24. The molecule has 0 saturated heterocycles. The summed E-state index contributed by atoms with van der Waals surface area (Å²) in [5, 5.41) is 0. The molecule has 2 aromatic rings. The predicted molar refractivity (Wildman–Crippen MR) is 95.6 cm³/mol. The predicted octanol–water partition coefficient (Wildman–Crippen LogP) is 4.08. The molecule has 2 aromatic carbocycles. The van der Waals surface area contributed by atoms with Crippen molar-refractivity contribution in [1.29, 1.82) is 0 Å². The first-order chi connectivity index (χ1) is 11.7. The maximum atomic E-state index is 12.8. The van der Waals surface area contributed by atoms with E-state index < -0.39 is 0 Å². The van der Waals surface area contributed by atoms with E-state index in [1.54, 1.807) is 31.0 Å². The van der Waals surface area contributed by atoms with Crippen molar-refractivity contribution < 1.29 is 19.0 Å². The van der Waals surface area contributed by atoms with Crippen LogP contribution >= 0.6 is 11.8 Å². The van der Waals surface area contributed by atoms with Crippen LogP contribution in [0.5, 0.6) is 17.2 Å². The van der Waals surface area contributed by atoms with E-state index in [1.165, 1.54) is 12.0 Å². The number of hydrogen-bond donors (Lipinski definition) is 0. The summed E-state index contributed by atoms with van der Waals surface area (Å²) in [5.41, 5.74) is 2.08. The molecule has 3 rings (SSSR count). The lowest BCUT2D eigenvalue weighted by Crippen LogP contribution is -2.19. The SMILES string of the molecule is COc1ccc2c(c1OC)OC/C(=C\c1ccc(SC)cc1)C2=O. The van der Waals surface area contributed by atoms with Crippen molar-refractivity contribution in [2.24, 2.45) is 0 Å². The van der Waals surface area contributed by atoms with Crippen LogP contribution in [0.25, 0.3) is 6.08 Å². The fourth-order valence-electron chi connectivity index (χ4n) is 2.62. The van der Waals surface area contributed by atoms with Gasteiger partial charge in [0.25, 0.3) is 0 Å². The molecule has 124 valence electrons. The smallest absolute Gasteiger partial charge is 0.204 e. The minimum absolute atomic E-state index is 0.0499. The number of methoxy groups -OCH3 is 2. The highest BCUT2D eigenvalue weighted by atomic mass is 32.2. The summed E-state index contributed by atoms with van der Waals surface area (Å²) < 4.78 is 16.4. The molecule has 0 atom stereocenters. The third-order valence-corrected chi connectivity index (χ3v) is 4.61. The highest BCUT2D eigenvalue weighted by molar-refractivity contribution is 7.98.